The molecule has 3 aliphatic rings. The number of hydrogen-bond donors (Lipinski definition) is 1. The summed E-state index contributed by atoms with van der Waals surface area (Å²) in [6.45, 7) is 3.16. The van der Waals surface area contributed by atoms with Crippen molar-refractivity contribution in [2.45, 2.75) is 50.4 Å². The molecule has 0 bridgehead atoms. The molecule has 1 aromatic rings. The fourth-order valence-corrected chi connectivity index (χ4v) is 4.25. The lowest BCUT2D eigenvalue weighted by Gasteiger charge is -2.38. The molecule has 1 spiro atoms. The average molecular weight is 378 g/mol. The topological polar surface area (TPSA) is 24.5 Å². The van der Waals surface area contributed by atoms with Crippen LogP contribution in [0, 0.1) is 0 Å². The second-order valence-electron chi connectivity index (χ2n) is 7.65. The van der Waals surface area contributed by atoms with Gasteiger partial charge in [-0.1, -0.05) is 18.2 Å². The van der Waals surface area contributed by atoms with Gasteiger partial charge < -0.3 is 15.0 Å². The zero-order chi connectivity index (χ0) is 18.9. The smallest absolute Gasteiger partial charge is 0.416 e. The Labute approximate surface area is 157 Å². The van der Waals surface area contributed by atoms with Crippen LogP contribution in [0.5, 0.6) is 0 Å². The van der Waals surface area contributed by atoms with Gasteiger partial charge in [-0.15, -0.1) is 0 Å². The number of benzene rings is 1. The normalized spacial score (nSPS) is 22.4. The monoisotopic (exact) mass is 378 g/mol. The SMILES string of the molecule is FC(F)(F)c1cccc(CN2CCC3(CCNCC3)OC3=C2C=CCC3)c1. The van der Waals surface area contributed by atoms with E-state index in [9.17, 15) is 13.2 Å². The van der Waals surface area contributed by atoms with Crippen molar-refractivity contribution in [3.05, 3.63) is 59.0 Å². The van der Waals surface area contributed by atoms with Crippen LogP contribution in [0.1, 0.15) is 43.2 Å². The number of allylic oxidation sites excluding steroid dienone is 3. The summed E-state index contributed by atoms with van der Waals surface area (Å²) >= 11 is 0. The summed E-state index contributed by atoms with van der Waals surface area (Å²) in [4.78, 5) is 2.19. The van der Waals surface area contributed by atoms with E-state index in [1.165, 1.54) is 12.1 Å². The van der Waals surface area contributed by atoms with Crippen molar-refractivity contribution in [3.63, 3.8) is 0 Å². The second-order valence-corrected chi connectivity index (χ2v) is 7.65. The Hall–Kier alpha value is -1.95. The molecule has 1 fully saturated rings. The van der Waals surface area contributed by atoms with Crippen LogP contribution in [0.25, 0.3) is 0 Å². The molecule has 3 nitrogen and oxygen atoms in total. The second kappa shape index (κ2) is 7.23. The minimum absolute atomic E-state index is 0.139. The molecular weight excluding hydrogens is 353 g/mol. The number of nitrogens with one attached hydrogen (secondary N) is 1. The van der Waals surface area contributed by atoms with Gasteiger partial charge in [-0.2, -0.15) is 13.2 Å². The summed E-state index contributed by atoms with van der Waals surface area (Å²) in [7, 11) is 0. The number of rotatable bonds is 2. The fraction of sp³-hybridized carbons (Fsp3) is 0.524. The standard InChI is InChI=1S/C21H25F3N2O/c22-21(23,24)17-5-3-4-16(14-17)15-26-13-10-20(8-11-25-12-9-20)27-19-7-2-1-6-18(19)26/h1,3-6,14,25H,2,7-13,15H2. The molecule has 0 radical (unpaired) electrons. The van der Waals surface area contributed by atoms with E-state index >= 15 is 0 Å². The largest absolute Gasteiger partial charge is 0.489 e. The summed E-state index contributed by atoms with van der Waals surface area (Å²) in [5, 5.41) is 3.39. The lowest BCUT2D eigenvalue weighted by Crippen LogP contribution is -2.44. The van der Waals surface area contributed by atoms with Gasteiger partial charge in [-0.25, -0.2) is 0 Å². The first-order chi connectivity index (χ1) is 13.0. The van der Waals surface area contributed by atoms with Crippen LogP contribution in [-0.4, -0.2) is 30.1 Å². The average Bonchev–Trinajstić information content (AvgIpc) is 2.79. The van der Waals surface area contributed by atoms with E-state index in [0.717, 1.165) is 69.3 Å². The van der Waals surface area contributed by atoms with Crippen molar-refractivity contribution in [1.82, 2.24) is 10.2 Å². The van der Waals surface area contributed by atoms with E-state index in [-0.39, 0.29) is 5.60 Å². The quantitative estimate of drug-likeness (QED) is 0.813. The molecule has 27 heavy (non-hydrogen) atoms. The van der Waals surface area contributed by atoms with E-state index < -0.39 is 11.7 Å². The molecule has 4 rings (SSSR count). The van der Waals surface area contributed by atoms with E-state index in [2.05, 4.69) is 22.4 Å². The van der Waals surface area contributed by atoms with Crippen molar-refractivity contribution < 1.29 is 17.9 Å². The van der Waals surface area contributed by atoms with Crippen LogP contribution < -0.4 is 5.32 Å². The summed E-state index contributed by atoms with van der Waals surface area (Å²) in [6.07, 6.45) is 4.55. The van der Waals surface area contributed by atoms with E-state index in [4.69, 9.17) is 4.74 Å². The predicted molar refractivity (Wildman–Crippen MR) is 97.8 cm³/mol. The zero-order valence-electron chi connectivity index (χ0n) is 15.3. The van der Waals surface area contributed by atoms with Gasteiger partial charge in [-0.3, -0.25) is 0 Å². The Kier molecular flexibility index (Phi) is 4.93. The third-order valence-electron chi connectivity index (χ3n) is 5.76. The minimum Gasteiger partial charge on any atom is -0.489 e. The molecule has 146 valence electrons. The lowest BCUT2D eigenvalue weighted by atomic mass is 9.88. The van der Waals surface area contributed by atoms with Gasteiger partial charge >= 0.3 is 6.18 Å². The highest BCUT2D eigenvalue weighted by atomic mass is 19.4. The van der Waals surface area contributed by atoms with Crippen LogP contribution in [0.3, 0.4) is 0 Å². The summed E-state index contributed by atoms with van der Waals surface area (Å²) in [6, 6.07) is 5.66. The molecule has 1 N–H and O–H groups in total. The van der Waals surface area contributed by atoms with Gasteiger partial charge in [0.25, 0.3) is 0 Å². The highest BCUT2D eigenvalue weighted by Gasteiger charge is 2.38. The maximum absolute atomic E-state index is 13.1. The van der Waals surface area contributed by atoms with Gasteiger partial charge in [0.2, 0.25) is 0 Å². The van der Waals surface area contributed by atoms with Crippen LogP contribution in [0.4, 0.5) is 13.2 Å². The Bertz CT molecular complexity index is 748. The first-order valence-electron chi connectivity index (χ1n) is 9.66. The van der Waals surface area contributed by atoms with Crippen molar-refractivity contribution in [2.24, 2.45) is 0 Å². The molecular formula is C21H25F3N2O. The number of piperidine rings is 1. The van der Waals surface area contributed by atoms with Gasteiger partial charge in [0.15, 0.2) is 0 Å². The van der Waals surface area contributed by atoms with E-state index in [0.29, 0.717) is 12.1 Å². The fourth-order valence-electron chi connectivity index (χ4n) is 4.25. The van der Waals surface area contributed by atoms with E-state index in [1.54, 1.807) is 6.07 Å². The van der Waals surface area contributed by atoms with Crippen LogP contribution >= 0.6 is 0 Å². The molecule has 6 heteroatoms. The Morgan fingerprint density at radius 1 is 1.15 bits per heavy atom. The Morgan fingerprint density at radius 2 is 1.96 bits per heavy atom. The third kappa shape index (κ3) is 4.00. The molecule has 0 aromatic heterocycles. The number of alkyl halides is 3. The minimum atomic E-state index is -4.31. The molecule has 1 aliphatic carbocycles. The molecule has 1 aromatic carbocycles. The Balaban J connectivity index is 1.60. The molecule has 1 saturated heterocycles. The highest BCUT2D eigenvalue weighted by Crippen LogP contribution is 2.38. The van der Waals surface area contributed by atoms with Crippen molar-refractivity contribution in [1.29, 1.82) is 0 Å². The lowest BCUT2D eigenvalue weighted by molar-refractivity contribution is -0.137. The maximum atomic E-state index is 13.1. The molecule has 0 unspecified atom stereocenters. The Morgan fingerprint density at radius 3 is 2.74 bits per heavy atom. The first-order valence-corrected chi connectivity index (χ1v) is 9.66. The molecule has 0 atom stereocenters. The maximum Gasteiger partial charge on any atom is 0.416 e. The highest BCUT2D eigenvalue weighted by molar-refractivity contribution is 5.30. The molecule has 0 amide bonds. The third-order valence-corrected chi connectivity index (χ3v) is 5.76. The number of nitrogens with zero attached hydrogens (tertiary/aromatic N) is 1. The van der Waals surface area contributed by atoms with Crippen LogP contribution in [-0.2, 0) is 17.5 Å². The van der Waals surface area contributed by atoms with Gasteiger partial charge in [0, 0.05) is 25.9 Å². The van der Waals surface area contributed by atoms with Crippen molar-refractivity contribution in [2.75, 3.05) is 19.6 Å². The van der Waals surface area contributed by atoms with Crippen molar-refractivity contribution >= 4 is 0 Å². The number of hydrogen-bond acceptors (Lipinski definition) is 3. The summed E-state index contributed by atoms with van der Waals surface area (Å²) < 4.78 is 45.7. The predicted octanol–water partition coefficient (Wildman–Crippen LogP) is 4.61. The van der Waals surface area contributed by atoms with Crippen LogP contribution in [0.15, 0.2) is 47.9 Å². The van der Waals surface area contributed by atoms with Gasteiger partial charge in [0.1, 0.15) is 11.4 Å². The van der Waals surface area contributed by atoms with Crippen molar-refractivity contribution in [3.8, 4) is 0 Å². The summed E-state index contributed by atoms with van der Waals surface area (Å²) in [5.74, 6) is 1.00. The van der Waals surface area contributed by atoms with Gasteiger partial charge in [0.05, 0.1) is 11.3 Å². The zero-order valence-corrected chi connectivity index (χ0v) is 15.3. The molecule has 0 saturated carbocycles. The van der Waals surface area contributed by atoms with Gasteiger partial charge in [-0.05, 0) is 56.1 Å². The molecule has 2 aliphatic heterocycles. The first kappa shape index (κ1) is 18.4. The van der Waals surface area contributed by atoms with Crippen LogP contribution in [0.2, 0.25) is 0 Å². The number of ether oxygens (including phenoxy) is 1. The summed E-state index contributed by atoms with van der Waals surface area (Å²) in [5.41, 5.74) is 0.986. The van der Waals surface area contributed by atoms with E-state index in [1.807, 2.05) is 0 Å². The number of halogens is 3. The molecule has 2 heterocycles.